The number of benzene rings is 1. The largest absolute Gasteiger partial charge is 0.339 e. The van der Waals surface area contributed by atoms with E-state index in [1.165, 1.54) is 4.31 Å². The van der Waals surface area contributed by atoms with Crippen molar-refractivity contribution < 1.29 is 12.9 Å². The molecule has 1 aliphatic rings. The van der Waals surface area contributed by atoms with E-state index in [1.54, 1.807) is 18.5 Å². The number of rotatable bonds is 5. The fourth-order valence-electron chi connectivity index (χ4n) is 2.94. The normalized spacial score (nSPS) is 15.7. The molecule has 0 aliphatic carbocycles. The van der Waals surface area contributed by atoms with Gasteiger partial charge in [0.1, 0.15) is 0 Å². The van der Waals surface area contributed by atoms with E-state index in [-0.39, 0.29) is 11.7 Å². The van der Waals surface area contributed by atoms with Crippen molar-refractivity contribution in [1.82, 2.24) is 19.4 Å². The molecule has 0 saturated carbocycles. The zero-order chi connectivity index (χ0) is 18.1. The number of hydrogen-bond acceptors (Lipinski definition) is 6. The van der Waals surface area contributed by atoms with Crippen LogP contribution in [0, 0.1) is 6.92 Å². The standard InChI is InChI=1S/C18H18N4O3S/c1-13-4-2-5-14(8-13)12-26(23,24)22-10-16(11-22)18-20-17(21-25-18)15-6-3-7-19-9-15/h2-9,16H,10-12H2,1H3. The van der Waals surface area contributed by atoms with Gasteiger partial charge in [0.2, 0.25) is 21.7 Å². The Morgan fingerprint density at radius 3 is 2.81 bits per heavy atom. The van der Waals surface area contributed by atoms with Crippen LogP contribution in [0.25, 0.3) is 11.4 Å². The molecule has 0 radical (unpaired) electrons. The van der Waals surface area contributed by atoms with E-state index in [0.29, 0.717) is 24.8 Å². The molecule has 0 bridgehead atoms. The Kier molecular flexibility index (Phi) is 4.29. The first-order chi connectivity index (χ1) is 12.5. The second kappa shape index (κ2) is 6.62. The average molecular weight is 370 g/mol. The van der Waals surface area contributed by atoms with Gasteiger partial charge >= 0.3 is 0 Å². The van der Waals surface area contributed by atoms with Gasteiger partial charge in [0.15, 0.2) is 0 Å². The van der Waals surface area contributed by atoms with E-state index in [1.807, 2.05) is 37.3 Å². The molecule has 0 atom stereocenters. The van der Waals surface area contributed by atoms with Crippen molar-refractivity contribution in [1.29, 1.82) is 0 Å². The van der Waals surface area contributed by atoms with Crippen LogP contribution in [0.15, 0.2) is 53.3 Å². The number of nitrogens with zero attached hydrogens (tertiary/aromatic N) is 4. The molecule has 7 nitrogen and oxygen atoms in total. The fourth-order valence-corrected chi connectivity index (χ4v) is 4.54. The van der Waals surface area contributed by atoms with Gasteiger partial charge in [-0.15, -0.1) is 0 Å². The van der Waals surface area contributed by atoms with Crippen molar-refractivity contribution in [3.8, 4) is 11.4 Å². The summed E-state index contributed by atoms with van der Waals surface area (Å²) in [6, 6.07) is 11.2. The zero-order valence-electron chi connectivity index (χ0n) is 14.2. The minimum atomic E-state index is -3.35. The molecule has 4 rings (SSSR count). The first-order valence-corrected chi connectivity index (χ1v) is 9.89. The minimum absolute atomic E-state index is 0.00612. The lowest BCUT2D eigenvalue weighted by Crippen LogP contribution is -2.48. The molecule has 1 aromatic carbocycles. The second-order valence-corrected chi connectivity index (χ2v) is 8.43. The summed E-state index contributed by atoms with van der Waals surface area (Å²) in [4.78, 5) is 8.41. The average Bonchev–Trinajstić information content (AvgIpc) is 3.03. The van der Waals surface area contributed by atoms with E-state index in [2.05, 4.69) is 15.1 Å². The number of pyridine rings is 1. The Morgan fingerprint density at radius 1 is 1.23 bits per heavy atom. The molecule has 1 aliphatic heterocycles. The van der Waals surface area contributed by atoms with Gasteiger partial charge in [0.05, 0.1) is 11.7 Å². The van der Waals surface area contributed by atoms with E-state index >= 15 is 0 Å². The molecule has 0 N–H and O–H groups in total. The topological polar surface area (TPSA) is 89.2 Å². The van der Waals surface area contributed by atoms with Gasteiger partial charge in [-0.2, -0.15) is 9.29 Å². The highest BCUT2D eigenvalue weighted by molar-refractivity contribution is 7.88. The second-order valence-electron chi connectivity index (χ2n) is 6.46. The predicted molar refractivity (Wildman–Crippen MR) is 95.6 cm³/mol. The molecule has 1 saturated heterocycles. The van der Waals surface area contributed by atoms with Crippen molar-refractivity contribution in [3.63, 3.8) is 0 Å². The molecule has 3 heterocycles. The molecule has 1 fully saturated rings. The third kappa shape index (κ3) is 3.38. The molecule has 0 unspecified atom stereocenters. The number of hydrogen-bond donors (Lipinski definition) is 0. The van der Waals surface area contributed by atoms with Crippen LogP contribution in [0.5, 0.6) is 0 Å². The Balaban J connectivity index is 1.41. The van der Waals surface area contributed by atoms with E-state index in [9.17, 15) is 8.42 Å². The molecule has 2 aromatic heterocycles. The Bertz CT molecular complexity index is 1010. The Morgan fingerprint density at radius 2 is 2.08 bits per heavy atom. The summed E-state index contributed by atoms with van der Waals surface area (Å²) in [7, 11) is -3.35. The van der Waals surface area contributed by atoms with Crippen LogP contribution in [0.1, 0.15) is 22.9 Å². The summed E-state index contributed by atoms with van der Waals surface area (Å²) in [6.07, 6.45) is 3.33. The summed E-state index contributed by atoms with van der Waals surface area (Å²) in [5.41, 5.74) is 2.61. The van der Waals surface area contributed by atoms with Crippen molar-refractivity contribution >= 4 is 10.0 Å². The van der Waals surface area contributed by atoms with E-state index < -0.39 is 10.0 Å². The molecule has 8 heteroatoms. The zero-order valence-corrected chi connectivity index (χ0v) is 15.1. The molecule has 26 heavy (non-hydrogen) atoms. The van der Waals surface area contributed by atoms with Gasteiger partial charge in [0, 0.05) is 31.0 Å². The highest BCUT2D eigenvalue weighted by Crippen LogP contribution is 2.30. The summed E-state index contributed by atoms with van der Waals surface area (Å²) in [5.74, 6) is 0.867. The van der Waals surface area contributed by atoms with Gasteiger partial charge in [0.25, 0.3) is 0 Å². The van der Waals surface area contributed by atoms with Crippen LogP contribution in [-0.4, -0.2) is 40.9 Å². The van der Waals surface area contributed by atoms with Crippen LogP contribution < -0.4 is 0 Å². The SMILES string of the molecule is Cc1cccc(CS(=O)(=O)N2CC(c3nc(-c4cccnc4)no3)C2)c1. The van der Waals surface area contributed by atoms with Gasteiger partial charge in [-0.1, -0.05) is 35.0 Å². The van der Waals surface area contributed by atoms with E-state index in [4.69, 9.17) is 4.52 Å². The molecule has 0 amide bonds. The maximum atomic E-state index is 12.5. The first-order valence-electron chi connectivity index (χ1n) is 8.29. The van der Waals surface area contributed by atoms with E-state index in [0.717, 1.165) is 16.7 Å². The predicted octanol–water partition coefficient (Wildman–Crippen LogP) is 2.37. The molecular weight excluding hydrogens is 352 g/mol. The van der Waals surface area contributed by atoms with Crippen LogP contribution in [0.3, 0.4) is 0 Å². The monoisotopic (exact) mass is 370 g/mol. The number of aromatic nitrogens is 3. The molecule has 3 aromatic rings. The highest BCUT2D eigenvalue weighted by Gasteiger charge is 2.39. The van der Waals surface area contributed by atoms with Gasteiger partial charge in [-0.25, -0.2) is 8.42 Å². The highest BCUT2D eigenvalue weighted by atomic mass is 32.2. The molecular formula is C18H18N4O3S. The van der Waals surface area contributed by atoms with Crippen LogP contribution in [0.2, 0.25) is 0 Å². The Labute approximate surface area is 151 Å². The quantitative estimate of drug-likeness (QED) is 0.685. The van der Waals surface area contributed by atoms with Crippen LogP contribution in [0.4, 0.5) is 0 Å². The van der Waals surface area contributed by atoms with Gasteiger partial charge in [-0.3, -0.25) is 4.98 Å². The van der Waals surface area contributed by atoms with Gasteiger partial charge < -0.3 is 4.52 Å². The smallest absolute Gasteiger partial charge is 0.232 e. The number of aryl methyl sites for hydroxylation is 1. The minimum Gasteiger partial charge on any atom is -0.339 e. The maximum absolute atomic E-state index is 12.5. The van der Waals surface area contributed by atoms with Crippen molar-refractivity contribution in [2.45, 2.75) is 18.6 Å². The fraction of sp³-hybridized carbons (Fsp3) is 0.278. The Hall–Kier alpha value is -2.58. The lowest BCUT2D eigenvalue weighted by molar-refractivity contribution is 0.216. The van der Waals surface area contributed by atoms with Gasteiger partial charge in [-0.05, 0) is 24.6 Å². The van der Waals surface area contributed by atoms with Crippen molar-refractivity contribution in [3.05, 3.63) is 65.8 Å². The maximum Gasteiger partial charge on any atom is 0.232 e. The number of sulfonamides is 1. The summed E-state index contributed by atoms with van der Waals surface area (Å²) < 4.78 is 31.9. The molecule has 134 valence electrons. The van der Waals surface area contributed by atoms with Crippen LogP contribution in [-0.2, 0) is 15.8 Å². The molecule has 0 spiro atoms. The first kappa shape index (κ1) is 16.9. The lowest BCUT2D eigenvalue weighted by atomic mass is 10.0. The van der Waals surface area contributed by atoms with Crippen molar-refractivity contribution in [2.75, 3.05) is 13.1 Å². The van der Waals surface area contributed by atoms with Crippen LogP contribution >= 0.6 is 0 Å². The lowest BCUT2D eigenvalue weighted by Gasteiger charge is -2.35. The summed E-state index contributed by atoms with van der Waals surface area (Å²) in [6.45, 7) is 2.68. The third-order valence-electron chi connectivity index (χ3n) is 4.38. The summed E-state index contributed by atoms with van der Waals surface area (Å²) in [5, 5.41) is 3.96. The van der Waals surface area contributed by atoms with Crippen molar-refractivity contribution in [2.24, 2.45) is 0 Å². The summed E-state index contributed by atoms with van der Waals surface area (Å²) >= 11 is 0. The third-order valence-corrected chi connectivity index (χ3v) is 6.17.